The number of alkyl halides is 10. The largest absolute Gasteiger partial charge is 0.460 e. The van der Waals surface area contributed by atoms with E-state index >= 15 is 0 Å². The van der Waals surface area contributed by atoms with Crippen molar-refractivity contribution < 1.29 is 39.5 Å². The van der Waals surface area contributed by atoms with Crippen LogP contribution in [-0.4, -0.2) is 34.4 Å². The van der Waals surface area contributed by atoms with Crippen molar-refractivity contribution in [2.24, 2.45) is 5.11 Å². The predicted molar refractivity (Wildman–Crippen MR) is 71.2 cm³/mol. The van der Waals surface area contributed by atoms with Gasteiger partial charge < -0.3 is 0 Å². The van der Waals surface area contributed by atoms with Crippen LogP contribution in [0.25, 0.3) is 10.4 Å². The summed E-state index contributed by atoms with van der Waals surface area (Å²) in [7, 11) is 0. The third kappa shape index (κ3) is 5.47. The summed E-state index contributed by atoms with van der Waals surface area (Å²) in [6, 6.07) is 0. The molecule has 0 aromatic carbocycles. The molecule has 0 rings (SSSR count). The van der Waals surface area contributed by atoms with Crippen LogP contribution in [0.1, 0.15) is 25.7 Å². The Hall–Kier alpha value is -0.590. The lowest BCUT2D eigenvalue weighted by Crippen LogP contribution is -2.61. The van der Waals surface area contributed by atoms with Crippen LogP contribution >= 0.6 is 22.6 Å². The molecule has 0 aromatic rings. The van der Waals surface area contributed by atoms with Gasteiger partial charge in [-0.2, -0.15) is 39.5 Å². The minimum Gasteiger partial charge on any atom is -0.200 e. The minimum absolute atomic E-state index is 0.0263. The normalized spacial score (nSPS) is 15.2. The number of nitrogens with zero attached hydrogens (tertiary/aromatic N) is 3. The van der Waals surface area contributed by atoms with Gasteiger partial charge in [0.15, 0.2) is 0 Å². The van der Waals surface area contributed by atoms with Crippen molar-refractivity contribution in [3.8, 4) is 0 Å². The van der Waals surface area contributed by atoms with E-state index in [4.69, 9.17) is 5.53 Å². The van der Waals surface area contributed by atoms with Gasteiger partial charge in [0, 0.05) is 21.8 Å². The van der Waals surface area contributed by atoms with Crippen molar-refractivity contribution in [3.63, 3.8) is 0 Å². The van der Waals surface area contributed by atoms with Crippen molar-refractivity contribution >= 4 is 22.6 Å². The molecule has 1 atom stereocenters. The predicted octanol–water partition coefficient (Wildman–Crippen LogP) is 6.13. The van der Waals surface area contributed by atoms with Crippen LogP contribution in [-0.2, 0) is 0 Å². The number of unbranched alkanes of at least 4 members (excludes halogenated alkanes) is 1. The average Bonchev–Trinajstić information content (AvgIpc) is 2.36. The Labute approximate surface area is 138 Å². The molecule has 0 aliphatic heterocycles. The zero-order chi connectivity index (χ0) is 18.5. The van der Waals surface area contributed by atoms with E-state index in [1.807, 2.05) is 0 Å². The highest BCUT2D eigenvalue weighted by molar-refractivity contribution is 14.1. The van der Waals surface area contributed by atoms with Crippen LogP contribution in [0.3, 0.4) is 0 Å². The second-order valence-electron chi connectivity index (χ2n) is 4.60. The first-order valence-corrected chi connectivity index (χ1v) is 7.30. The molecule has 136 valence electrons. The Balaban J connectivity index is 4.87. The summed E-state index contributed by atoms with van der Waals surface area (Å²) in [5, 5.41) is 3.13. The van der Waals surface area contributed by atoms with Crippen LogP contribution in [0.4, 0.5) is 39.5 Å². The Bertz CT molecular complexity index is 432. The van der Waals surface area contributed by atoms with Crippen LogP contribution in [0, 0.1) is 0 Å². The van der Waals surface area contributed by atoms with Crippen molar-refractivity contribution in [1.82, 2.24) is 0 Å². The maximum Gasteiger partial charge on any atom is 0.460 e. The molecule has 0 fully saturated rings. The van der Waals surface area contributed by atoms with E-state index in [2.05, 4.69) is 10.0 Å². The molecule has 0 N–H and O–H groups in total. The zero-order valence-electron chi connectivity index (χ0n) is 11.2. The quantitative estimate of drug-likeness (QED) is 0.0740. The minimum atomic E-state index is -6.85. The Morgan fingerprint density at radius 1 is 0.913 bits per heavy atom. The van der Waals surface area contributed by atoms with Crippen molar-refractivity contribution in [2.45, 2.75) is 53.6 Å². The highest BCUT2D eigenvalue weighted by atomic mass is 127. The van der Waals surface area contributed by atoms with Gasteiger partial charge in [0.05, 0.1) is 0 Å². The molecule has 0 amide bonds. The van der Waals surface area contributed by atoms with Crippen LogP contribution in [0.15, 0.2) is 5.11 Å². The summed E-state index contributed by atoms with van der Waals surface area (Å²) in [6.45, 7) is 0.0263. The number of halogens is 10. The molecule has 0 heterocycles. The van der Waals surface area contributed by atoms with E-state index in [0.717, 1.165) is 0 Å². The molecule has 23 heavy (non-hydrogen) atoms. The Kier molecular flexibility index (Phi) is 7.79. The second kappa shape index (κ2) is 7.99. The van der Waals surface area contributed by atoms with Gasteiger partial charge in [-0.3, -0.25) is 0 Å². The summed E-state index contributed by atoms with van der Waals surface area (Å²) in [5.74, 6) is -18.9. The molecule has 0 radical (unpaired) electrons. The summed E-state index contributed by atoms with van der Waals surface area (Å²) < 4.78 is 112. The first kappa shape index (κ1) is 22.4. The van der Waals surface area contributed by atoms with Crippen LogP contribution < -0.4 is 0 Å². The van der Waals surface area contributed by atoms with E-state index in [-0.39, 0.29) is 25.8 Å². The Morgan fingerprint density at radius 3 is 1.87 bits per heavy atom. The van der Waals surface area contributed by atoms with E-state index in [1.54, 1.807) is 0 Å². The monoisotopic (exact) mass is 471 g/mol. The van der Waals surface area contributed by atoms with Crippen LogP contribution in [0.2, 0.25) is 0 Å². The third-order valence-corrected chi connectivity index (χ3v) is 3.84. The zero-order valence-corrected chi connectivity index (χ0v) is 13.4. The molecule has 0 aliphatic carbocycles. The van der Waals surface area contributed by atoms with Gasteiger partial charge in [0.2, 0.25) is 0 Å². The summed E-state index contributed by atoms with van der Waals surface area (Å²) >= 11 is 1.27. The summed E-state index contributed by atoms with van der Waals surface area (Å²) in [4.78, 5) is 2.41. The lowest BCUT2D eigenvalue weighted by atomic mass is 9.98. The maximum atomic E-state index is 13.3. The Morgan fingerprint density at radius 2 is 1.43 bits per heavy atom. The molecular weight excluding hydrogens is 460 g/mol. The SMILES string of the molecule is [N-]=[N+]=NCCCCC(I)CC(F)(F)C(F)(F)C(F)(F)C(F)(F)F. The molecule has 0 spiro atoms. The number of hydrogen-bond donors (Lipinski definition) is 0. The molecule has 1 unspecified atom stereocenters. The van der Waals surface area contributed by atoms with Crippen molar-refractivity contribution in [1.29, 1.82) is 0 Å². The molecule has 0 saturated carbocycles. The van der Waals surface area contributed by atoms with E-state index in [1.165, 1.54) is 22.6 Å². The van der Waals surface area contributed by atoms with Gasteiger partial charge in [-0.05, 0) is 18.4 Å². The van der Waals surface area contributed by atoms with E-state index in [9.17, 15) is 39.5 Å². The average molecular weight is 471 g/mol. The van der Waals surface area contributed by atoms with Crippen molar-refractivity contribution in [3.05, 3.63) is 10.4 Å². The first-order valence-electron chi connectivity index (χ1n) is 6.06. The third-order valence-electron chi connectivity index (χ3n) is 2.78. The summed E-state index contributed by atoms with van der Waals surface area (Å²) in [6.07, 6.45) is -8.37. The molecule has 3 nitrogen and oxygen atoms in total. The number of azide groups is 1. The van der Waals surface area contributed by atoms with Gasteiger partial charge in [-0.25, -0.2) is 0 Å². The lowest BCUT2D eigenvalue weighted by molar-refractivity contribution is -0.396. The number of hydrogen-bond acceptors (Lipinski definition) is 1. The summed E-state index contributed by atoms with van der Waals surface area (Å²) in [5.41, 5.74) is 7.97. The molecule has 13 heteroatoms. The van der Waals surface area contributed by atoms with E-state index < -0.39 is 34.3 Å². The molecule has 0 aliphatic rings. The second-order valence-corrected chi connectivity index (χ2v) is 6.36. The highest BCUT2D eigenvalue weighted by Gasteiger charge is 2.81. The van der Waals surface area contributed by atoms with Crippen LogP contribution in [0.5, 0.6) is 0 Å². The topological polar surface area (TPSA) is 48.8 Å². The fraction of sp³-hybridized carbons (Fsp3) is 1.00. The molecule has 0 bridgehead atoms. The fourth-order valence-corrected chi connectivity index (χ4v) is 2.50. The molecular formula is C10H11F9IN3. The highest BCUT2D eigenvalue weighted by Crippen LogP contribution is 2.54. The maximum absolute atomic E-state index is 13.3. The van der Waals surface area contributed by atoms with Gasteiger partial charge in [-0.15, -0.1) is 0 Å². The smallest absolute Gasteiger partial charge is 0.200 e. The van der Waals surface area contributed by atoms with Gasteiger partial charge in [0.1, 0.15) is 0 Å². The molecule has 0 aromatic heterocycles. The molecule has 0 saturated heterocycles. The fourth-order valence-electron chi connectivity index (χ4n) is 1.51. The van der Waals surface area contributed by atoms with Gasteiger partial charge >= 0.3 is 23.9 Å². The first-order chi connectivity index (χ1) is 10.2. The lowest BCUT2D eigenvalue weighted by Gasteiger charge is -2.34. The number of rotatable bonds is 9. The van der Waals surface area contributed by atoms with Crippen molar-refractivity contribution in [2.75, 3.05) is 6.54 Å². The van der Waals surface area contributed by atoms with E-state index in [0.29, 0.717) is 0 Å². The van der Waals surface area contributed by atoms with Gasteiger partial charge in [0.25, 0.3) is 0 Å². The standard InChI is InChI=1S/C10H11F9IN3/c11-7(12,5-6(20)3-1-2-4-22-23-21)8(13,14)9(15,16)10(17,18)19/h6H,1-5H2. The van der Waals surface area contributed by atoms with Gasteiger partial charge in [-0.1, -0.05) is 34.1 Å².